The van der Waals surface area contributed by atoms with Crippen molar-refractivity contribution in [1.29, 1.82) is 0 Å². The molecule has 1 aromatic heterocycles. The Morgan fingerprint density at radius 3 is 2.63 bits per heavy atom. The number of thioether (sulfide) groups is 1. The summed E-state index contributed by atoms with van der Waals surface area (Å²) in [5.74, 6) is 4.32. The molecule has 1 aromatic carbocycles. The molecule has 0 fully saturated rings. The number of hydrogen-bond donors (Lipinski definition) is 7. The predicted molar refractivity (Wildman–Crippen MR) is 137 cm³/mol. The molecule has 2 atom stereocenters. The molecule has 2 unspecified atom stereocenters. The fourth-order valence-electron chi connectivity index (χ4n) is 3.49. The highest BCUT2D eigenvalue weighted by molar-refractivity contribution is 7.98. The van der Waals surface area contributed by atoms with Crippen LogP contribution in [-0.4, -0.2) is 72.5 Å². The Morgan fingerprint density at radius 1 is 1.14 bits per heavy atom. The van der Waals surface area contributed by atoms with Gasteiger partial charge in [-0.2, -0.15) is 11.8 Å². The van der Waals surface area contributed by atoms with Gasteiger partial charge in [0.2, 0.25) is 17.7 Å². The molecule has 0 saturated heterocycles. The molecular weight excluding hydrogens is 472 g/mol. The molecule has 0 aliphatic rings. The molecule has 13 heteroatoms. The van der Waals surface area contributed by atoms with Crippen molar-refractivity contribution in [3.63, 3.8) is 0 Å². The van der Waals surface area contributed by atoms with E-state index in [0.717, 1.165) is 22.2 Å². The molecule has 2 rings (SSSR count). The lowest BCUT2D eigenvalue weighted by Gasteiger charge is -2.23. The highest BCUT2D eigenvalue weighted by atomic mass is 32.2. The number of guanidine groups is 1. The average molecular weight is 507 g/mol. The smallest absolute Gasteiger partial charge is 0.248 e. The first-order valence-corrected chi connectivity index (χ1v) is 12.5. The molecule has 192 valence electrons. The van der Waals surface area contributed by atoms with Crippen LogP contribution in [0.4, 0.5) is 0 Å². The van der Waals surface area contributed by atoms with Crippen molar-refractivity contribution >= 4 is 46.3 Å². The molecule has 35 heavy (non-hydrogen) atoms. The second-order valence-electron chi connectivity index (χ2n) is 7.79. The molecule has 1 heterocycles. The summed E-state index contributed by atoms with van der Waals surface area (Å²) in [5.41, 5.74) is 12.5. The summed E-state index contributed by atoms with van der Waals surface area (Å²) in [6.45, 7) is 0.370. The van der Waals surface area contributed by atoms with Crippen molar-refractivity contribution in [2.24, 2.45) is 22.4 Å². The van der Waals surface area contributed by atoms with Crippen molar-refractivity contribution in [3.05, 3.63) is 36.0 Å². The Labute approximate surface area is 208 Å². The second kappa shape index (κ2) is 14.9. The molecule has 12 nitrogen and oxygen atoms in total. The zero-order valence-corrected chi connectivity index (χ0v) is 20.5. The number of nitrogens with two attached hydrogens (primary N) is 3. The number of rotatable bonds is 15. The Balaban J connectivity index is 2.17. The monoisotopic (exact) mass is 506 g/mol. The number of aromatic nitrogens is 1. The van der Waals surface area contributed by atoms with Crippen molar-refractivity contribution < 1.29 is 19.2 Å². The van der Waals surface area contributed by atoms with Gasteiger partial charge in [0.25, 0.3) is 0 Å². The fourth-order valence-corrected chi connectivity index (χ4v) is 3.79. The van der Waals surface area contributed by atoms with Gasteiger partial charge in [-0.25, -0.2) is 5.90 Å². The number of nitrogens with one attached hydrogen (secondary N) is 4. The molecule has 3 amide bonds. The molecular formula is C22H34N8O4S. The number of H-pyrrole nitrogens is 1. The van der Waals surface area contributed by atoms with E-state index in [1.165, 1.54) is 0 Å². The minimum absolute atomic E-state index is 0.0429. The molecule has 0 radical (unpaired) electrons. The number of carbonyl (C=O) groups is 3. The largest absolute Gasteiger partial charge is 0.370 e. The van der Waals surface area contributed by atoms with Gasteiger partial charge in [0.15, 0.2) is 5.96 Å². The lowest BCUT2D eigenvalue weighted by molar-refractivity contribution is -0.133. The van der Waals surface area contributed by atoms with Gasteiger partial charge in [0.1, 0.15) is 18.7 Å². The van der Waals surface area contributed by atoms with Gasteiger partial charge in [-0.3, -0.25) is 24.2 Å². The molecule has 2 aromatic rings. The first-order valence-electron chi connectivity index (χ1n) is 11.1. The third kappa shape index (κ3) is 9.47. The molecule has 0 bridgehead atoms. The number of nitrogens with zero attached hydrogens (tertiary/aromatic N) is 1. The third-order valence-corrected chi connectivity index (χ3v) is 5.76. The van der Waals surface area contributed by atoms with Crippen LogP contribution in [0.2, 0.25) is 0 Å². The van der Waals surface area contributed by atoms with Crippen molar-refractivity contribution in [3.8, 4) is 0 Å². The number of hydrogen-bond acceptors (Lipinski definition) is 7. The Hall–Kier alpha value is -3.29. The molecule has 0 spiro atoms. The van der Waals surface area contributed by atoms with E-state index in [9.17, 15) is 14.4 Å². The fraction of sp³-hybridized carbons (Fsp3) is 0.455. The summed E-state index contributed by atoms with van der Waals surface area (Å²) in [6.07, 6.45) is 4.70. The van der Waals surface area contributed by atoms with Crippen molar-refractivity contribution in [2.75, 3.05) is 31.7 Å². The maximum atomic E-state index is 13.3. The van der Waals surface area contributed by atoms with Gasteiger partial charge in [0.05, 0.1) is 0 Å². The number of carbonyl (C=O) groups excluding carboxylic acids is 3. The van der Waals surface area contributed by atoms with E-state index in [0.29, 0.717) is 25.9 Å². The van der Waals surface area contributed by atoms with Crippen LogP contribution < -0.4 is 33.3 Å². The summed E-state index contributed by atoms with van der Waals surface area (Å²) in [7, 11) is 0. The van der Waals surface area contributed by atoms with Crippen LogP contribution >= 0.6 is 11.8 Å². The topological polar surface area (TPSA) is 203 Å². The van der Waals surface area contributed by atoms with Crippen LogP contribution in [0.5, 0.6) is 0 Å². The second-order valence-corrected chi connectivity index (χ2v) is 8.77. The minimum Gasteiger partial charge on any atom is -0.370 e. The third-order valence-electron chi connectivity index (χ3n) is 5.15. The number of para-hydroxylation sites is 1. The molecule has 0 aliphatic carbocycles. The van der Waals surface area contributed by atoms with E-state index in [1.807, 2.05) is 30.5 Å². The Morgan fingerprint density at radius 2 is 1.91 bits per heavy atom. The molecule has 0 aliphatic heterocycles. The first kappa shape index (κ1) is 28.0. The quantitative estimate of drug-likeness (QED) is 0.0696. The van der Waals surface area contributed by atoms with E-state index in [1.54, 1.807) is 18.0 Å². The van der Waals surface area contributed by atoms with Gasteiger partial charge in [-0.1, -0.05) is 18.2 Å². The summed E-state index contributed by atoms with van der Waals surface area (Å²) in [4.78, 5) is 49.7. The van der Waals surface area contributed by atoms with Gasteiger partial charge < -0.3 is 32.4 Å². The number of benzene rings is 1. The number of aliphatic imine (C=N–C) groups is 1. The number of amides is 3. The maximum absolute atomic E-state index is 13.3. The highest BCUT2D eigenvalue weighted by Gasteiger charge is 2.27. The van der Waals surface area contributed by atoms with E-state index < -0.39 is 30.5 Å². The highest BCUT2D eigenvalue weighted by Crippen LogP contribution is 2.19. The zero-order valence-electron chi connectivity index (χ0n) is 19.7. The van der Waals surface area contributed by atoms with Gasteiger partial charge in [-0.15, -0.1) is 0 Å². The van der Waals surface area contributed by atoms with E-state index in [4.69, 9.17) is 17.4 Å². The normalized spacial score (nSPS) is 12.5. The van der Waals surface area contributed by atoms with Crippen molar-refractivity contribution in [1.82, 2.24) is 20.9 Å². The van der Waals surface area contributed by atoms with Crippen LogP contribution in [0.15, 0.2) is 35.5 Å². The lowest BCUT2D eigenvalue weighted by Crippen LogP contribution is -2.55. The van der Waals surface area contributed by atoms with Crippen LogP contribution in [0.3, 0.4) is 0 Å². The lowest BCUT2D eigenvalue weighted by atomic mass is 10.0. The summed E-state index contributed by atoms with van der Waals surface area (Å²) < 4.78 is 0. The molecule has 0 saturated carbocycles. The Kier molecular flexibility index (Phi) is 11.9. The van der Waals surface area contributed by atoms with Crippen LogP contribution in [0.1, 0.15) is 18.4 Å². The summed E-state index contributed by atoms with van der Waals surface area (Å²) in [6, 6.07) is 5.84. The predicted octanol–water partition coefficient (Wildman–Crippen LogP) is -0.897. The minimum atomic E-state index is -0.962. The van der Waals surface area contributed by atoms with Crippen LogP contribution in [0.25, 0.3) is 10.9 Å². The first-order chi connectivity index (χ1) is 16.8. The Bertz CT molecular complexity index is 1010. The molecule has 10 N–H and O–H groups in total. The van der Waals surface area contributed by atoms with E-state index in [-0.39, 0.29) is 18.3 Å². The van der Waals surface area contributed by atoms with Gasteiger partial charge in [0, 0.05) is 42.4 Å². The van der Waals surface area contributed by atoms with Gasteiger partial charge >= 0.3 is 0 Å². The van der Waals surface area contributed by atoms with Gasteiger partial charge in [-0.05, 0) is 30.7 Å². The summed E-state index contributed by atoms with van der Waals surface area (Å²) >= 11 is 1.59. The number of fused-ring (bicyclic) bond motifs is 1. The SMILES string of the molecule is CSCCNC(=O)C(CCCN=C(N)N)NC(=O)C(Cc1c[nH]c2ccccc12)NC(=O)CON. The average Bonchev–Trinajstić information content (AvgIpc) is 3.23. The standard InChI is InChI=1S/C22H34N8O4S/c1-35-10-9-26-20(32)17(7-4-8-27-22(23)24)30-21(33)18(29-19(31)13-34-25)11-14-12-28-16-6-3-2-5-15(14)16/h2-3,5-6,12,17-18,28H,4,7-11,13,25H2,1H3,(H,26,32)(H,29,31)(H,30,33)(H4,23,24,27). The van der Waals surface area contributed by atoms with E-state index in [2.05, 4.69) is 30.8 Å². The van der Waals surface area contributed by atoms with E-state index >= 15 is 0 Å². The maximum Gasteiger partial charge on any atom is 0.248 e. The van der Waals surface area contributed by atoms with Crippen LogP contribution in [0, 0.1) is 0 Å². The summed E-state index contributed by atoms with van der Waals surface area (Å²) in [5, 5.41) is 9.16. The zero-order chi connectivity index (χ0) is 25.6. The van der Waals surface area contributed by atoms with Crippen molar-refractivity contribution in [2.45, 2.75) is 31.3 Å². The van der Waals surface area contributed by atoms with Crippen LogP contribution in [-0.2, 0) is 25.6 Å². The number of aromatic amines is 1.